The molecule has 0 fully saturated rings. The van der Waals surface area contributed by atoms with Crippen LogP contribution >= 0.6 is 11.6 Å². The number of nitrogens with zero attached hydrogens (tertiary/aromatic N) is 1. The van der Waals surface area contributed by atoms with Crippen LogP contribution in [0.4, 0.5) is 0 Å². The molecule has 4 heteroatoms. The van der Waals surface area contributed by atoms with Crippen molar-refractivity contribution >= 4 is 23.1 Å². The van der Waals surface area contributed by atoms with Crippen LogP contribution in [-0.4, -0.2) is 15.9 Å². The number of halogens is 1. The van der Waals surface area contributed by atoms with E-state index in [9.17, 15) is 9.90 Å². The molecule has 0 bridgehead atoms. The summed E-state index contributed by atoms with van der Waals surface area (Å²) < 4.78 is 0. The van der Waals surface area contributed by atoms with Crippen molar-refractivity contribution in [2.75, 3.05) is 0 Å². The van der Waals surface area contributed by atoms with Gasteiger partial charge in [-0.2, -0.15) is 0 Å². The van der Waals surface area contributed by atoms with Crippen molar-refractivity contribution in [1.82, 2.24) is 4.98 Å². The molecule has 0 unspecified atom stereocenters. The van der Waals surface area contributed by atoms with Crippen LogP contribution in [0.25, 0.3) is 5.76 Å². The molecule has 0 saturated carbocycles. The number of allylic oxidation sites excluding steroid dienone is 1. The van der Waals surface area contributed by atoms with Gasteiger partial charge in [-0.15, -0.1) is 0 Å². The van der Waals surface area contributed by atoms with E-state index in [-0.39, 0.29) is 11.5 Å². The molecule has 1 aromatic heterocycles. The van der Waals surface area contributed by atoms with E-state index in [1.54, 1.807) is 36.4 Å². The minimum absolute atomic E-state index is 0.0894. The van der Waals surface area contributed by atoms with E-state index in [1.165, 1.54) is 18.5 Å². The Morgan fingerprint density at radius 1 is 1.06 bits per heavy atom. The molecule has 90 valence electrons. The van der Waals surface area contributed by atoms with E-state index in [2.05, 4.69) is 4.98 Å². The van der Waals surface area contributed by atoms with Crippen molar-refractivity contribution in [3.05, 3.63) is 71.0 Å². The largest absolute Gasteiger partial charge is 0.507 e. The molecule has 0 aliphatic heterocycles. The van der Waals surface area contributed by atoms with E-state index in [0.29, 0.717) is 16.1 Å². The minimum Gasteiger partial charge on any atom is -0.507 e. The maximum absolute atomic E-state index is 11.8. The highest BCUT2D eigenvalue weighted by Crippen LogP contribution is 2.16. The number of carbonyl (C=O) groups excluding carboxylic acids is 1. The van der Waals surface area contributed by atoms with Crippen molar-refractivity contribution in [2.45, 2.75) is 0 Å². The van der Waals surface area contributed by atoms with Gasteiger partial charge in [-0.1, -0.05) is 11.6 Å². The average Bonchev–Trinajstić information content (AvgIpc) is 2.40. The zero-order chi connectivity index (χ0) is 13.0. The summed E-state index contributed by atoms with van der Waals surface area (Å²) in [6, 6.07) is 9.78. The van der Waals surface area contributed by atoms with Gasteiger partial charge in [-0.05, 0) is 36.4 Å². The van der Waals surface area contributed by atoms with Crippen LogP contribution in [0.1, 0.15) is 15.9 Å². The summed E-state index contributed by atoms with van der Waals surface area (Å²) in [4.78, 5) is 15.6. The second-order valence-electron chi connectivity index (χ2n) is 3.64. The van der Waals surface area contributed by atoms with E-state index in [0.717, 1.165) is 0 Å². The standard InChI is InChI=1S/C14H10ClNO2/c15-12-3-1-10(2-4-12)13(17)9-14(18)11-5-7-16-8-6-11/h1-9,17H. The molecule has 3 nitrogen and oxygen atoms in total. The summed E-state index contributed by atoms with van der Waals surface area (Å²) >= 11 is 5.74. The third kappa shape index (κ3) is 2.96. The van der Waals surface area contributed by atoms with Gasteiger partial charge in [0.1, 0.15) is 5.76 Å². The third-order valence-corrected chi connectivity index (χ3v) is 2.62. The normalized spacial score (nSPS) is 11.3. The quantitative estimate of drug-likeness (QED) is 0.521. The van der Waals surface area contributed by atoms with Gasteiger partial charge < -0.3 is 5.11 Å². The van der Waals surface area contributed by atoms with Gasteiger partial charge in [0.15, 0.2) is 5.78 Å². The van der Waals surface area contributed by atoms with Crippen LogP contribution in [0.3, 0.4) is 0 Å². The van der Waals surface area contributed by atoms with Crippen molar-refractivity contribution in [3.8, 4) is 0 Å². The molecule has 0 radical (unpaired) electrons. The number of hydrogen-bond donors (Lipinski definition) is 1. The van der Waals surface area contributed by atoms with Gasteiger partial charge in [0, 0.05) is 34.6 Å². The number of aliphatic hydroxyl groups is 1. The Balaban J connectivity index is 2.23. The minimum atomic E-state index is -0.273. The molecule has 2 rings (SSSR count). The SMILES string of the molecule is O=C(C=C(O)c1ccc(Cl)cc1)c1ccncc1. The number of aliphatic hydroxyl groups excluding tert-OH is 1. The summed E-state index contributed by atoms with van der Waals surface area (Å²) in [6.07, 6.45) is 4.24. The molecular weight excluding hydrogens is 250 g/mol. The van der Waals surface area contributed by atoms with E-state index >= 15 is 0 Å². The molecule has 1 heterocycles. The van der Waals surface area contributed by atoms with Crippen LogP contribution < -0.4 is 0 Å². The highest BCUT2D eigenvalue weighted by Gasteiger charge is 2.05. The van der Waals surface area contributed by atoms with E-state index in [4.69, 9.17) is 11.6 Å². The highest BCUT2D eigenvalue weighted by atomic mass is 35.5. The fourth-order valence-corrected chi connectivity index (χ4v) is 1.55. The number of aromatic nitrogens is 1. The maximum atomic E-state index is 11.8. The lowest BCUT2D eigenvalue weighted by Gasteiger charge is -2.00. The van der Waals surface area contributed by atoms with Crippen LogP contribution in [0.5, 0.6) is 0 Å². The topological polar surface area (TPSA) is 50.2 Å². The van der Waals surface area contributed by atoms with Crippen LogP contribution in [0.15, 0.2) is 54.9 Å². The Labute approximate surface area is 109 Å². The second kappa shape index (κ2) is 5.47. The predicted molar refractivity (Wildman–Crippen MR) is 70.6 cm³/mol. The summed E-state index contributed by atoms with van der Waals surface area (Å²) in [5, 5.41) is 10.4. The molecular formula is C14H10ClNO2. The molecule has 0 atom stereocenters. The first kappa shape index (κ1) is 12.3. The Kier molecular flexibility index (Phi) is 3.75. The number of benzene rings is 1. The van der Waals surface area contributed by atoms with Crippen molar-refractivity contribution in [1.29, 1.82) is 0 Å². The van der Waals surface area contributed by atoms with E-state index < -0.39 is 0 Å². The number of hydrogen-bond acceptors (Lipinski definition) is 3. The van der Waals surface area contributed by atoms with E-state index in [1.807, 2.05) is 0 Å². The lowest BCUT2D eigenvalue weighted by molar-refractivity contribution is 0.104. The molecule has 0 aliphatic carbocycles. The summed E-state index contributed by atoms with van der Waals surface area (Å²) in [5.74, 6) is -0.363. The van der Waals surface area contributed by atoms with Gasteiger partial charge in [0.25, 0.3) is 0 Å². The molecule has 2 aromatic rings. The lowest BCUT2D eigenvalue weighted by Crippen LogP contribution is -1.96. The van der Waals surface area contributed by atoms with Gasteiger partial charge in [0.2, 0.25) is 0 Å². The maximum Gasteiger partial charge on any atom is 0.189 e. The monoisotopic (exact) mass is 259 g/mol. The van der Waals surface area contributed by atoms with Crippen LogP contribution in [0, 0.1) is 0 Å². The number of pyridine rings is 1. The van der Waals surface area contributed by atoms with Gasteiger partial charge >= 0.3 is 0 Å². The van der Waals surface area contributed by atoms with Crippen molar-refractivity contribution < 1.29 is 9.90 Å². The Morgan fingerprint density at radius 3 is 2.28 bits per heavy atom. The van der Waals surface area contributed by atoms with Crippen molar-refractivity contribution in [3.63, 3.8) is 0 Å². The summed E-state index contributed by atoms with van der Waals surface area (Å²) in [5.41, 5.74) is 1.02. The molecule has 18 heavy (non-hydrogen) atoms. The van der Waals surface area contributed by atoms with Crippen molar-refractivity contribution in [2.24, 2.45) is 0 Å². The molecule has 0 aliphatic rings. The molecule has 0 spiro atoms. The first-order valence-electron chi connectivity index (χ1n) is 5.28. The second-order valence-corrected chi connectivity index (χ2v) is 4.07. The summed E-state index contributed by atoms with van der Waals surface area (Å²) in [7, 11) is 0. The Morgan fingerprint density at radius 2 is 1.67 bits per heavy atom. The number of rotatable bonds is 3. The number of carbonyl (C=O) groups is 1. The lowest BCUT2D eigenvalue weighted by atomic mass is 10.1. The smallest absolute Gasteiger partial charge is 0.189 e. The number of ketones is 1. The van der Waals surface area contributed by atoms with Gasteiger partial charge in [-0.3, -0.25) is 9.78 Å². The Bertz CT molecular complexity index is 577. The molecule has 0 amide bonds. The predicted octanol–water partition coefficient (Wildman–Crippen LogP) is 3.52. The first-order valence-corrected chi connectivity index (χ1v) is 5.65. The van der Waals surface area contributed by atoms with Gasteiger partial charge in [0.05, 0.1) is 0 Å². The fourth-order valence-electron chi connectivity index (χ4n) is 1.43. The molecule has 1 N–H and O–H groups in total. The summed E-state index contributed by atoms with van der Waals surface area (Å²) in [6.45, 7) is 0. The average molecular weight is 260 g/mol. The fraction of sp³-hybridized carbons (Fsp3) is 0. The molecule has 1 aromatic carbocycles. The third-order valence-electron chi connectivity index (χ3n) is 2.37. The van der Waals surface area contributed by atoms with Crippen LogP contribution in [0.2, 0.25) is 5.02 Å². The Hall–Kier alpha value is -2.13. The zero-order valence-electron chi connectivity index (χ0n) is 9.38. The highest BCUT2D eigenvalue weighted by molar-refractivity contribution is 6.30. The van der Waals surface area contributed by atoms with Gasteiger partial charge in [-0.25, -0.2) is 0 Å². The molecule has 0 saturated heterocycles. The van der Waals surface area contributed by atoms with Crippen LogP contribution in [-0.2, 0) is 0 Å². The zero-order valence-corrected chi connectivity index (χ0v) is 10.1. The first-order chi connectivity index (χ1) is 8.66.